The molecule has 1 N–H and O–H groups in total. The lowest BCUT2D eigenvalue weighted by Gasteiger charge is -2.58. The number of rotatable bonds is 7. The number of likely N-dealkylation sites (tertiary alicyclic amines) is 3. The summed E-state index contributed by atoms with van der Waals surface area (Å²) in [6.45, 7) is 14.9. The molecule has 12 heteroatoms. The first-order valence-corrected chi connectivity index (χ1v) is 21.9. The van der Waals surface area contributed by atoms with Crippen LogP contribution in [0.1, 0.15) is 117 Å². The number of aromatic nitrogens is 3. The maximum absolute atomic E-state index is 15.0. The summed E-state index contributed by atoms with van der Waals surface area (Å²) in [6.07, 6.45) is 12.8. The number of carbonyl (C=O) groups excluding carboxylic acids is 3. The van der Waals surface area contributed by atoms with Gasteiger partial charge in [-0.15, -0.1) is 0 Å². The molecule has 0 radical (unpaired) electrons. The van der Waals surface area contributed by atoms with E-state index in [0.717, 1.165) is 77.9 Å². The third-order valence-corrected chi connectivity index (χ3v) is 14.4. The van der Waals surface area contributed by atoms with E-state index >= 15 is 4.79 Å². The normalized spacial score (nSPS) is 25.8. The number of hydrogen-bond acceptors (Lipinski definition) is 8. The minimum Gasteiger partial charge on any atom is -0.444 e. The molecule has 2 aromatic heterocycles. The molecule has 3 saturated heterocycles. The molecule has 12 nitrogen and oxygen atoms in total. The van der Waals surface area contributed by atoms with Crippen molar-refractivity contribution in [1.82, 2.24) is 29.2 Å². The molecular formula is C45H60N8O4. The van der Waals surface area contributed by atoms with Gasteiger partial charge in [0.25, 0.3) is 0 Å². The first-order valence-electron chi connectivity index (χ1n) is 21.9. The minimum atomic E-state index is -0.629. The Balaban J connectivity index is 0.889. The number of imidazole rings is 1. The predicted molar refractivity (Wildman–Crippen MR) is 220 cm³/mol. The van der Waals surface area contributed by atoms with Crippen LogP contribution >= 0.6 is 0 Å². The summed E-state index contributed by atoms with van der Waals surface area (Å²) in [4.78, 5) is 60.2. The number of ether oxygens (including phenoxy) is 1. The summed E-state index contributed by atoms with van der Waals surface area (Å²) >= 11 is 0. The molecule has 3 aliphatic carbocycles. The number of nitrogens with zero attached hydrogens (tertiary/aromatic N) is 7. The molecule has 6 heterocycles. The van der Waals surface area contributed by atoms with Crippen LogP contribution < -0.4 is 10.2 Å². The van der Waals surface area contributed by atoms with Gasteiger partial charge in [-0.25, -0.2) is 14.8 Å². The van der Waals surface area contributed by atoms with Crippen LogP contribution in [-0.2, 0) is 19.7 Å². The van der Waals surface area contributed by atoms with E-state index in [1.807, 2.05) is 32.0 Å². The maximum Gasteiger partial charge on any atom is 0.410 e. The molecule has 304 valence electrons. The number of anilines is 2. The average molecular weight is 777 g/mol. The van der Waals surface area contributed by atoms with Crippen LogP contribution in [-0.4, -0.2) is 110 Å². The molecule has 10 rings (SSSR count). The van der Waals surface area contributed by atoms with E-state index in [0.29, 0.717) is 51.1 Å². The van der Waals surface area contributed by atoms with Crippen molar-refractivity contribution in [3.05, 3.63) is 36.2 Å². The Bertz CT molecular complexity index is 2080. The van der Waals surface area contributed by atoms with E-state index in [2.05, 4.69) is 57.8 Å². The molecule has 3 saturated carbocycles. The van der Waals surface area contributed by atoms with Crippen molar-refractivity contribution in [3.8, 4) is 11.3 Å². The standard InChI is InChI=1S/C45H60N8O4/c1-28(2)52-27-46-36-22-35(48-39(38(36)52)47-31-10-11-31)29-9-12-34-37(19-29)53(33-20-32(21-33)49-15-7-6-8-16-49)41(55)45(34)13-17-50(18-14-45)40(54)30-23-44(24-30)25-51(26-44)42(56)57-43(3,4)5/h9,12,19,22,27-28,30-33H,6-8,10-11,13-18,20-21,23-26H2,1-5H3,(H,47,48). The fourth-order valence-corrected chi connectivity index (χ4v) is 11.1. The molecule has 3 amide bonds. The third-order valence-electron chi connectivity index (χ3n) is 14.4. The van der Waals surface area contributed by atoms with E-state index in [1.165, 1.54) is 32.4 Å². The zero-order valence-electron chi connectivity index (χ0n) is 34.6. The number of pyridine rings is 1. The Morgan fingerprint density at radius 2 is 1.65 bits per heavy atom. The van der Waals surface area contributed by atoms with Gasteiger partial charge in [0.2, 0.25) is 11.8 Å². The second-order valence-corrected chi connectivity index (χ2v) is 20.0. The number of fused-ring (bicyclic) bond motifs is 3. The molecule has 6 fully saturated rings. The quantitative estimate of drug-likeness (QED) is 0.270. The number of nitrogens with one attached hydrogen (secondary N) is 1. The third kappa shape index (κ3) is 6.39. The van der Waals surface area contributed by atoms with E-state index in [-0.39, 0.29) is 41.3 Å². The van der Waals surface area contributed by atoms with Crippen LogP contribution in [0, 0.1) is 11.3 Å². The summed E-state index contributed by atoms with van der Waals surface area (Å²) in [5.74, 6) is 1.31. The Labute approximate surface area is 336 Å². The Kier molecular flexibility index (Phi) is 8.74. The van der Waals surface area contributed by atoms with Gasteiger partial charge in [-0.3, -0.25) is 9.59 Å². The number of benzene rings is 1. The summed E-state index contributed by atoms with van der Waals surface area (Å²) < 4.78 is 7.76. The second-order valence-electron chi connectivity index (χ2n) is 20.0. The Morgan fingerprint density at radius 3 is 2.32 bits per heavy atom. The fraction of sp³-hybridized carbons (Fsp3) is 0.667. The van der Waals surface area contributed by atoms with Gasteiger partial charge in [-0.1, -0.05) is 18.6 Å². The lowest BCUT2D eigenvalue weighted by Crippen LogP contribution is -2.66. The molecule has 0 atom stereocenters. The average Bonchev–Trinajstić information content (AvgIpc) is 3.79. The van der Waals surface area contributed by atoms with Crippen LogP contribution in [0.2, 0.25) is 0 Å². The number of carbonyl (C=O) groups is 3. The van der Waals surface area contributed by atoms with Crippen molar-refractivity contribution in [2.45, 2.75) is 140 Å². The smallest absolute Gasteiger partial charge is 0.410 e. The van der Waals surface area contributed by atoms with Gasteiger partial charge < -0.3 is 34.2 Å². The van der Waals surface area contributed by atoms with Crippen LogP contribution in [0.15, 0.2) is 30.6 Å². The van der Waals surface area contributed by atoms with Crippen molar-refractivity contribution in [2.75, 3.05) is 49.5 Å². The molecule has 57 heavy (non-hydrogen) atoms. The highest BCUT2D eigenvalue weighted by atomic mass is 16.6. The molecule has 0 unspecified atom stereocenters. The molecule has 3 aromatic rings. The van der Waals surface area contributed by atoms with Gasteiger partial charge in [0, 0.05) is 72.9 Å². The first-order chi connectivity index (χ1) is 27.3. The lowest BCUT2D eigenvalue weighted by molar-refractivity contribution is -0.155. The van der Waals surface area contributed by atoms with E-state index in [9.17, 15) is 9.59 Å². The lowest BCUT2D eigenvalue weighted by atomic mass is 9.57. The molecule has 4 aliphatic heterocycles. The van der Waals surface area contributed by atoms with Crippen molar-refractivity contribution in [2.24, 2.45) is 11.3 Å². The molecular weight excluding hydrogens is 717 g/mol. The number of piperidine rings is 2. The van der Waals surface area contributed by atoms with Crippen LogP contribution in [0.25, 0.3) is 22.3 Å². The van der Waals surface area contributed by atoms with Gasteiger partial charge in [0.1, 0.15) is 11.1 Å². The van der Waals surface area contributed by atoms with Gasteiger partial charge in [-0.05, 0) is 130 Å². The van der Waals surface area contributed by atoms with Gasteiger partial charge >= 0.3 is 6.09 Å². The highest BCUT2D eigenvalue weighted by Crippen LogP contribution is 2.55. The largest absolute Gasteiger partial charge is 0.444 e. The Morgan fingerprint density at radius 1 is 0.930 bits per heavy atom. The van der Waals surface area contributed by atoms with Crippen LogP contribution in [0.4, 0.5) is 16.3 Å². The van der Waals surface area contributed by atoms with E-state index < -0.39 is 11.0 Å². The zero-order valence-corrected chi connectivity index (χ0v) is 34.6. The van der Waals surface area contributed by atoms with Crippen molar-refractivity contribution in [1.29, 1.82) is 0 Å². The van der Waals surface area contributed by atoms with Gasteiger partial charge in [-0.2, -0.15) is 0 Å². The topological polar surface area (TPSA) is 116 Å². The Hall–Kier alpha value is -4.19. The second kappa shape index (κ2) is 13.4. The van der Waals surface area contributed by atoms with Crippen molar-refractivity contribution >= 4 is 40.4 Å². The molecule has 7 aliphatic rings. The SMILES string of the molecule is CC(C)n1cnc2cc(-c3ccc4c(c3)N(C3CC(N5CCCCC5)C3)C(=O)C43CCN(C(=O)C4CC5(C4)CN(C(=O)OC(C)(C)C)C5)CC3)nc(NC3CC3)c21. The monoisotopic (exact) mass is 776 g/mol. The number of hydrogen-bond donors (Lipinski definition) is 1. The fourth-order valence-electron chi connectivity index (χ4n) is 11.1. The zero-order chi connectivity index (χ0) is 39.4. The predicted octanol–water partition coefficient (Wildman–Crippen LogP) is 7.12. The molecule has 2 spiro atoms. The van der Waals surface area contributed by atoms with E-state index in [1.54, 1.807) is 4.90 Å². The first kappa shape index (κ1) is 37.1. The minimum absolute atomic E-state index is 0.0109. The highest BCUT2D eigenvalue weighted by molar-refractivity contribution is 6.09. The van der Waals surface area contributed by atoms with E-state index in [4.69, 9.17) is 14.7 Å². The van der Waals surface area contributed by atoms with Crippen LogP contribution in [0.5, 0.6) is 0 Å². The van der Waals surface area contributed by atoms with Crippen LogP contribution in [0.3, 0.4) is 0 Å². The highest BCUT2D eigenvalue weighted by Gasteiger charge is 2.59. The maximum atomic E-state index is 15.0. The number of amides is 3. The van der Waals surface area contributed by atoms with Crippen molar-refractivity contribution in [3.63, 3.8) is 0 Å². The summed E-state index contributed by atoms with van der Waals surface area (Å²) in [5.41, 5.74) is 4.90. The summed E-state index contributed by atoms with van der Waals surface area (Å²) in [5, 5.41) is 3.70. The molecule has 0 bridgehead atoms. The van der Waals surface area contributed by atoms with Gasteiger partial charge in [0.05, 0.1) is 23.0 Å². The van der Waals surface area contributed by atoms with Crippen molar-refractivity contribution < 1.29 is 19.1 Å². The van der Waals surface area contributed by atoms with Gasteiger partial charge in [0.15, 0.2) is 5.82 Å². The molecule has 1 aromatic carbocycles. The summed E-state index contributed by atoms with van der Waals surface area (Å²) in [7, 11) is 0. The summed E-state index contributed by atoms with van der Waals surface area (Å²) in [6, 6.07) is 10.1.